The maximum atomic E-state index is 13.0. The molecular formula is C23H20F2N2O3S. The van der Waals surface area contributed by atoms with Crippen molar-refractivity contribution in [1.82, 2.24) is 9.97 Å². The van der Waals surface area contributed by atoms with Gasteiger partial charge in [-0.25, -0.2) is 18.7 Å². The van der Waals surface area contributed by atoms with Crippen LogP contribution in [0.15, 0.2) is 59.8 Å². The molecule has 0 radical (unpaired) electrons. The summed E-state index contributed by atoms with van der Waals surface area (Å²) < 4.78 is 31.4. The molecule has 0 aliphatic heterocycles. The minimum atomic E-state index is -2.66. The Hall–Kier alpha value is -3.26. The standard InChI is InChI=1S/C23H20F2N2O3S/c1-14-11-19(22(24)25)27-23(26-14)31-13-17-12-15(4-10-21(17)30-2)3-9-20(29)16-5-7-18(28)8-6-16/h3-12,22,28H,13H2,1-2H3/b9-3+. The highest BCUT2D eigenvalue weighted by Crippen LogP contribution is 2.29. The largest absolute Gasteiger partial charge is 0.508 e. The Morgan fingerprint density at radius 2 is 1.90 bits per heavy atom. The van der Waals surface area contributed by atoms with Gasteiger partial charge >= 0.3 is 0 Å². The molecule has 1 aromatic heterocycles. The first-order chi connectivity index (χ1) is 14.9. The average molecular weight is 442 g/mol. The van der Waals surface area contributed by atoms with E-state index in [-0.39, 0.29) is 22.4 Å². The van der Waals surface area contributed by atoms with Gasteiger partial charge in [0.25, 0.3) is 6.43 Å². The number of ketones is 1. The number of carbonyl (C=O) groups is 1. The summed E-state index contributed by atoms with van der Waals surface area (Å²) in [5.41, 5.74) is 2.23. The smallest absolute Gasteiger partial charge is 0.280 e. The van der Waals surface area contributed by atoms with Gasteiger partial charge in [-0.05, 0) is 61.0 Å². The van der Waals surface area contributed by atoms with Crippen LogP contribution in [-0.2, 0) is 5.75 Å². The zero-order valence-electron chi connectivity index (χ0n) is 16.9. The predicted octanol–water partition coefficient (Wildman–Crippen LogP) is 5.63. The Balaban J connectivity index is 1.76. The van der Waals surface area contributed by atoms with E-state index in [1.165, 1.54) is 36.0 Å². The number of hydrogen-bond donors (Lipinski definition) is 1. The topological polar surface area (TPSA) is 72.3 Å². The number of carbonyl (C=O) groups excluding carboxylic acids is 1. The fourth-order valence-electron chi connectivity index (χ4n) is 2.79. The SMILES string of the molecule is COc1ccc(/C=C/C(=O)c2ccc(O)cc2)cc1CSc1nc(C)cc(C(F)F)n1. The molecule has 0 aliphatic rings. The highest BCUT2D eigenvalue weighted by atomic mass is 32.2. The van der Waals surface area contributed by atoms with Crippen molar-refractivity contribution >= 4 is 23.6 Å². The van der Waals surface area contributed by atoms with E-state index in [1.807, 2.05) is 12.1 Å². The molecule has 0 saturated carbocycles. The molecule has 0 spiro atoms. The summed E-state index contributed by atoms with van der Waals surface area (Å²) in [5.74, 6) is 0.940. The third kappa shape index (κ3) is 6.11. The average Bonchev–Trinajstić information content (AvgIpc) is 2.76. The Labute approximate surface area is 182 Å². The normalized spacial score (nSPS) is 11.3. The second-order valence-electron chi connectivity index (χ2n) is 6.62. The maximum absolute atomic E-state index is 13.0. The van der Waals surface area contributed by atoms with Crippen molar-refractivity contribution < 1.29 is 23.4 Å². The number of ether oxygens (including phenoxy) is 1. The predicted molar refractivity (Wildman–Crippen MR) is 116 cm³/mol. The molecule has 0 amide bonds. The van der Waals surface area contributed by atoms with Crippen molar-refractivity contribution in [3.63, 3.8) is 0 Å². The zero-order valence-corrected chi connectivity index (χ0v) is 17.7. The summed E-state index contributed by atoms with van der Waals surface area (Å²) in [5, 5.41) is 9.59. The number of aromatic hydroxyl groups is 1. The molecule has 0 aliphatic carbocycles. The lowest BCUT2D eigenvalue weighted by Gasteiger charge is -2.10. The van der Waals surface area contributed by atoms with Crippen LogP contribution in [0.3, 0.4) is 0 Å². The molecule has 5 nitrogen and oxygen atoms in total. The van der Waals surface area contributed by atoms with Gasteiger partial charge in [-0.1, -0.05) is 23.9 Å². The Kier molecular flexibility index (Phi) is 7.36. The van der Waals surface area contributed by atoms with E-state index in [9.17, 15) is 18.7 Å². The zero-order chi connectivity index (χ0) is 22.4. The van der Waals surface area contributed by atoms with Crippen LogP contribution in [0.4, 0.5) is 8.78 Å². The van der Waals surface area contributed by atoms with Crippen LogP contribution >= 0.6 is 11.8 Å². The van der Waals surface area contributed by atoms with Crippen LogP contribution in [0, 0.1) is 6.92 Å². The molecule has 0 unspecified atom stereocenters. The summed E-state index contributed by atoms with van der Waals surface area (Å²) in [6.45, 7) is 1.65. The summed E-state index contributed by atoms with van der Waals surface area (Å²) in [6.07, 6.45) is 0.472. The van der Waals surface area contributed by atoms with E-state index in [0.29, 0.717) is 22.8 Å². The fraction of sp³-hybridized carbons (Fsp3) is 0.174. The molecule has 3 rings (SSSR count). The quantitative estimate of drug-likeness (QED) is 0.211. The van der Waals surface area contributed by atoms with Gasteiger partial charge in [0.2, 0.25) is 0 Å². The summed E-state index contributed by atoms with van der Waals surface area (Å²) in [6, 6.07) is 12.7. The Bertz CT molecular complexity index is 1100. The minimum Gasteiger partial charge on any atom is -0.508 e. The van der Waals surface area contributed by atoms with Gasteiger partial charge in [-0.3, -0.25) is 4.79 Å². The van der Waals surface area contributed by atoms with Crippen molar-refractivity contribution in [3.8, 4) is 11.5 Å². The van der Waals surface area contributed by atoms with Crippen molar-refractivity contribution in [1.29, 1.82) is 0 Å². The molecule has 3 aromatic rings. The fourth-order valence-corrected chi connectivity index (χ4v) is 3.68. The third-order valence-corrected chi connectivity index (χ3v) is 5.21. The first-order valence-electron chi connectivity index (χ1n) is 9.30. The van der Waals surface area contributed by atoms with Crippen molar-refractivity contribution in [3.05, 3.63) is 82.7 Å². The molecular weight excluding hydrogens is 422 g/mol. The lowest BCUT2D eigenvalue weighted by molar-refractivity contribution is 0.104. The maximum Gasteiger partial charge on any atom is 0.280 e. The molecule has 0 bridgehead atoms. The van der Waals surface area contributed by atoms with E-state index in [0.717, 1.165) is 11.1 Å². The Morgan fingerprint density at radius 1 is 1.16 bits per heavy atom. The molecule has 0 atom stereocenters. The number of phenolic OH excluding ortho intramolecular Hbond substituents is 1. The number of alkyl halides is 2. The van der Waals surface area contributed by atoms with Gasteiger partial charge in [0.05, 0.1) is 7.11 Å². The summed E-state index contributed by atoms with van der Waals surface area (Å²) in [7, 11) is 1.55. The van der Waals surface area contributed by atoms with E-state index in [2.05, 4.69) is 9.97 Å². The number of nitrogens with zero attached hydrogens (tertiary/aromatic N) is 2. The van der Waals surface area contributed by atoms with Crippen LogP contribution in [-0.4, -0.2) is 28.0 Å². The number of allylic oxidation sites excluding steroid dienone is 1. The van der Waals surface area contributed by atoms with Gasteiger partial charge in [0.1, 0.15) is 17.2 Å². The van der Waals surface area contributed by atoms with E-state index in [1.54, 1.807) is 38.3 Å². The molecule has 1 N–H and O–H groups in total. The molecule has 2 aromatic carbocycles. The highest BCUT2D eigenvalue weighted by Gasteiger charge is 2.13. The second kappa shape index (κ2) is 10.2. The van der Waals surface area contributed by atoms with Crippen LogP contribution in [0.1, 0.15) is 39.3 Å². The first-order valence-corrected chi connectivity index (χ1v) is 10.3. The van der Waals surface area contributed by atoms with Crippen molar-refractivity contribution in [2.45, 2.75) is 24.3 Å². The van der Waals surface area contributed by atoms with E-state index >= 15 is 0 Å². The van der Waals surface area contributed by atoms with Gasteiger partial charge in [0.15, 0.2) is 10.9 Å². The third-order valence-electron chi connectivity index (χ3n) is 4.32. The van der Waals surface area contributed by atoms with Gasteiger partial charge < -0.3 is 9.84 Å². The molecule has 8 heteroatoms. The number of rotatable bonds is 8. The van der Waals surface area contributed by atoms with Gasteiger partial charge in [0, 0.05) is 22.6 Å². The number of benzene rings is 2. The van der Waals surface area contributed by atoms with Crippen LogP contribution < -0.4 is 4.74 Å². The van der Waals surface area contributed by atoms with Gasteiger partial charge in [-0.15, -0.1) is 0 Å². The lowest BCUT2D eigenvalue weighted by Crippen LogP contribution is -1.98. The van der Waals surface area contributed by atoms with Crippen molar-refractivity contribution in [2.75, 3.05) is 7.11 Å². The number of aryl methyl sites for hydroxylation is 1. The molecule has 0 fully saturated rings. The van der Waals surface area contributed by atoms with Crippen LogP contribution in [0.25, 0.3) is 6.08 Å². The minimum absolute atomic E-state index is 0.0936. The second-order valence-corrected chi connectivity index (χ2v) is 7.56. The highest BCUT2D eigenvalue weighted by molar-refractivity contribution is 7.98. The number of phenols is 1. The number of hydrogen-bond acceptors (Lipinski definition) is 6. The van der Waals surface area contributed by atoms with E-state index in [4.69, 9.17) is 4.74 Å². The van der Waals surface area contributed by atoms with Crippen molar-refractivity contribution in [2.24, 2.45) is 0 Å². The molecule has 160 valence electrons. The molecule has 1 heterocycles. The summed E-state index contributed by atoms with van der Waals surface area (Å²) >= 11 is 1.23. The lowest BCUT2D eigenvalue weighted by atomic mass is 10.1. The molecule has 31 heavy (non-hydrogen) atoms. The number of aromatic nitrogens is 2. The van der Waals surface area contributed by atoms with Gasteiger partial charge in [-0.2, -0.15) is 0 Å². The van der Waals surface area contributed by atoms with Crippen LogP contribution in [0.5, 0.6) is 11.5 Å². The monoisotopic (exact) mass is 442 g/mol. The number of thioether (sulfide) groups is 1. The first kappa shape index (κ1) is 22.4. The van der Waals surface area contributed by atoms with Crippen LogP contribution in [0.2, 0.25) is 0 Å². The Morgan fingerprint density at radius 3 is 2.58 bits per heavy atom. The number of halogens is 2. The van der Waals surface area contributed by atoms with E-state index < -0.39 is 6.43 Å². The summed E-state index contributed by atoms with van der Waals surface area (Å²) in [4.78, 5) is 20.4. The number of methoxy groups -OCH3 is 1. The molecule has 0 saturated heterocycles.